The lowest BCUT2D eigenvalue weighted by molar-refractivity contribution is 0.0175. The zero-order valence-electron chi connectivity index (χ0n) is 20.9. The van der Waals surface area contributed by atoms with Crippen molar-refractivity contribution in [2.75, 3.05) is 11.9 Å². The Hall–Kier alpha value is -4.32. The molecule has 0 saturated heterocycles. The van der Waals surface area contributed by atoms with Gasteiger partial charge < -0.3 is 4.90 Å². The molecule has 5 rings (SSSR count). The van der Waals surface area contributed by atoms with E-state index < -0.39 is 5.92 Å². The highest BCUT2D eigenvalue weighted by Gasteiger charge is 2.25. The molecule has 0 aliphatic carbocycles. The smallest absolute Gasteiger partial charge is 0.270 e. The van der Waals surface area contributed by atoms with Crippen molar-refractivity contribution in [3.63, 3.8) is 0 Å². The second kappa shape index (κ2) is 9.62. The Balaban J connectivity index is 1.66. The number of alkyl halides is 2. The van der Waals surface area contributed by atoms with Crippen LogP contribution in [0.4, 0.5) is 20.2 Å². The summed E-state index contributed by atoms with van der Waals surface area (Å²) in [5.74, 6) is -2.34. The molecule has 0 aliphatic heterocycles. The van der Waals surface area contributed by atoms with E-state index in [1.807, 2.05) is 73.7 Å². The van der Waals surface area contributed by atoms with Crippen LogP contribution in [0.25, 0.3) is 10.9 Å². The number of benzene rings is 4. The minimum absolute atomic E-state index is 0.0640. The van der Waals surface area contributed by atoms with E-state index in [9.17, 15) is 13.6 Å². The number of hydrogen-bond donors (Lipinski definition) is 0. The fourth-order valence-corrected chi connectivity index (χ4v) is 4.71. The lowest BCUT2D eigenvalue weighted by atomic mass is 9.98. The van der Waals surface area contributed by atoms with E-state index in [1.165, 1.54) is 12.1 Å². The van der Waals surface area contributed by atoms with Gasteiger partial charge in [0.1, 0.15) is 5.82 Å². The Labute approximate surface area is 214 Å². The molecule has 0 aliphatic rings. The van der Waals surface area contributed by atoms with Gasteiger partial charge in [0.15, 0.2) is 0 Å². The monoisotopic (exact) mass is 495 g/mol. The maximum Gasteiger partial charge on any atom is 0.270 e. The standard InChI is InChI=1S/C31H27F2N3O/c1-21-34-28-18-17-26(35(3)25-16-10-15-24(19-25)31(2,32)33)20-27(28)30(37)36(21)29(22-11-6-4-7-12-22)23-13-8-5-9-14-23/h4-20,29H,1-3H3. The summed E-state index contributed by atoms with van der Waals surface area (Å²) >= 11 is 0. The van der Waals surface area contributed by atoms with Gasteiger partial charge in [0.2, 0.25) is 0 Å². The van der Waals surface area contributed by atoms with Crippen molar-refractivity contribution in [2.45, 2.75) is 25.8 Å². The SMILES string of the molecule is Cc1nc2ccc(N(C)c3cccc(C(C)(F)F)c3)cc2c(=O)n1C(c1ccccc1)c1ccccc1. The van der Waals surface area contributed by atoms with Crippen LogP contribution < -0.4 is 10.5 Å². The minimum atomic E-state index is -2.95. The summed E-state index contributed by atoms with van der Waals surface area (Å²) in [5.41, 5.74) is 3.62. The molecule has 0 bridgehead atoms. The summed E-state index contributed by atoms with van der Waals surface area (Å²) in [7, 11) is 1.80. The predicted octanol–water partition coefficient (Wildman–Crippen LogP) is 7.22. The van der Waals surface area contributed by atoms with Crippen LogP contribution in [0.5, 0.6) is 0 Å². The summed E-state index contributed by atoms with van der Waals surface area (Å²) in [6.07, 6.45) is 0. The fraction of sp³-hybridized carbons (Fsp3) is 0.161. The first-order valence-corrected chi connectivity index (χ1v) is 12.1. The van der Waals surface area contributed by atoms with Crippen molar-refractivity contribution < 1.29 is 8.78 Å². The highest BCUT2D eigenvalue weighted by molar-refractivity contribution is 5.83. The Bertz CT molecular complexity index is 1570. The van der Waals surface area contributed by atoms with Gasteiger partial charge in [-0.25, -0.2) is 13.8 Å². The molecular weight excluding hydrogens is 468 g/mol. The van der Waals surface area contributed by atoms with E-state index >= 15 is 0 Å². The molecule has 0 N–H and O–H groups in total. The summed E-state index contributed by atoms with van der Waals surface area (Å²) in [5, 5.41) is 0.462. The molecule has 4 nitrogen and oxygen atoms in total. The van der Waals surface area contributed by atoms with Gasteiger partial charge in [0.05, 0.1) is 16.9 Å². The molecule has 1 aromatic heterocycles. The van der Waals surface area contributed by atoms with Gasteiger partial charge in [0.25, 0.3) is 11.5 Å². The number of rotatable bonds is 6. The maximum atomic E-state index is 14.0. The van der Waals surface area contributed by atoms with Crippen molar-refractivity contribution >= 4 is 22.3 Å². The largest absolute Gasteiger partial charge is 0.345 e. The second-order valence-corrected chi connectivity index (χ2v) is 9.26. The number of aryl methyl sites for hydroxylation is 1. The Kier molecular flexibility index (Phi) is 6.34. The van der Waals surface area contributed by atoms with Crippen LogP contribution in [0, 0.1) is 6.92 Å². The van der Waals surface area contributed by atoms with Gasteiger partial charge in [0, 0.05) is 30.9 Å². The average Bonchev–Trinajstić information content (AvgIpc) is 2.91. The number of hydrogen-bond acceptors (Lipinski definition) is 3. The van der Waals surface area contributed by atoms with Gasteiger partial charge in [-0.05, 0) is 48.4 Å². The molecule has 0 saturated carbocycles. The van der Waals surface area contributed by atoms with Crippen molar-refractivity contribution in [1.29, 1.82) is 0 Å². The zero-order chi connectivity index (χ0) is 26.2. The molecule has 0 atom stereocenters. The lowest BCUT2D eigenvalue weighted by Crippen LogP contribution is -2.29. The highest BCUT2D eigenvalue weighted by atomic mass is 19.3. The molecule has 6 heteroatoms. The Morgan fingerprint density at radius 2 is 1.41 bits per heavy atom. The van der Waals surface area contributed by atoms with Crippen molar-refractivity contribution in [2.24, 2.45) is 0 Å². The van der Waals surface area contributed by atoms with E-state index in [2.05, 4.69) is 0 Å². The van der Waals surface area contributed by atoms with E-state index in [0.717, 1.165) is 18.1 Å². The van der Waals surface area contributed by atoms with Gasteiger partial charge in [-0.1, -0.05) is 72.8 Å². The van der Waals surface area contributed by atoms with Crippen LogP contribution >= 0.6 is 0 Å². The van der Waals surface area contributed by atoms with E-state index in [-0.39, 0.29) is 17.2 Å². The van der Waals surface area contributed by atoms with E-state index in [4.69, 9.17) is 4.98 Å². The molecule has 0 fully saturated rings. The number of aromatic nitrogens is 2. The van der Waals surface area contributed by atoms with Gasteiger partial charge in [-0.15, -0.1) is 0 Å². The van der Waals surface area contributed by atoms with Crippen LogP contribution in [-0.4, -0.2) is 16.6 Å². The molecule has 4 aromatic carbocycles. The third kappa shape index (κ3) is 4.75. The number of fused-ring (bicyclic) bond motifs is 1. The van der Waals surface area contributed by atoms with Crippen LogP contribution in [0.1, 0.15) is 35.5 Å². The highest BCUT2D eigenvalue weighted by Crippen LogP contribution is 2.33. The number of nitrogens with zero attached hydrogens (tertiary/aromatic N) is 3. The first kappa shape index (κ1) is 24.4. The van der Waals surface area contributed by atoms with Crippen LogP contribution in [0.3, 0.4) is 0 Å². The molecule has 186 valence electrons. The molecule has 0 radical (unpaired) electrons. The first-order chi connectivity index (χ1) is 17.7. The predicted molar refractivity (Wildman–Crippen MR) is 145 cm³/mol. The Morgan fingerprint density at radius 3 is 2.00 bits per heavy atom. The summed E-state index contributed by atoms with van der Waals surface area (Å²) < 4.78 is 29.6. The third-order valence-corrected chi connectivity index (χ3v) is 6.68. The molecule has 5 aromatic rings. The van der Waals surface area contributed by atoms with Crippen LogP contribution in [0.2, 0.25) is 0 Å². The van der Waals surface area contributed by atoms with Gasteiger partial charge >= 0.3 is 0 Å². The van der Waals surface area contributed by atoms with Crippen LogP contribution in [0.15, 0.2) is 108 Å². The zero-order valence-corrected chi connectivity index (χ0v) is 20.9. The summed E-state index contributed by atoms with van der Waals surface area (Å²) in [6, 6.07) is 31.1. The third-order valence-electron chi connectivity index (χ3n) is 6.68. The first-order valence-electron chi connectivity index (χ1n) is 12.1. The van der Waals surface area contributed by atoms with Gasteiger partial charge in [-0.3, -0.25) is 9.36 Å². The summed E-state index contributed by atoms with van der Waals surface area (Å²) in [4.78, 5) is 20.6. The molecule has 0 unspecified atom stereocenters. The van der Waals surface area contributed by atoms with Crippen LogP contribution in [-0.2, 0) is 5.92 Å². The normalized spacial score (nSPS) is 11.7. The quantitative estimate of drug-likeness (QED) is 0.250. The molecule has 0 spiro atoms. The van der Waals surface area contributed by atoms with E-state index in [0.29, 0.717) is 28.1 Å². The molecule has 0 amide bonds. The van der Waals surface area contributed by atoms with Crippen molar-refractivity contribution in [3.05, 3.63) is 136 Å². The van der Waals surface area contributed by atoms with Crippen molar-refractivity contribution in [3.8, 4) is 0 Å². The molecule has 37 heavy (non-hydrogen) atoms. The lowest BCUT2D eigenvalue weighted by Gasteiger charge is -2.24. The average molecular weight is 496 g/mol. The topological polar surface area (TPSA) is 38.1 Å². The van der Waals surface area contributed by atoms with Gasteiger partial charge in [-0.2, -0.15) is 0 Å². The molecule has 1 heterocycles. The Morgan fingerprint density at radius 1 is 0.811 bits per heavy atom. The van der Waals surface area contributed by atoms with E-state index in [1.54, 1.807) is 40.8 Å². The molecular formula is C31H27F2N3O. The summed E-state index contributed by atoms with van der Waals surface area (Å²) in [6.45, 7) is 2.73. The number of anilines is 2. The minimum Gasteiger partial charge on any atom is -0.345 e. The second-order valence-electron chi connectivity index (χ2n) is 9.26. The maximum absolute atomic E-state index is 14.0. The fourth-order valence-electron chi connectivity index (χ4n) is 4.71. The number of halogens is 2. The van der Waals surface area contributed by atoms with Crippen molar-refractivity contribution in [1.82, 2.24) is 9.55 Å².